The Hall–Kier alpha value is -0.860. The summed E-state index contributed by atoms with van der Waals surface area (Å²) in [6.07, 6.45) is 0.102. The predicted octanol–water partition coefficient (Wildman–Crippen LogP) is 5.26. The van der Waals surface area contributed by atoms with E-state index in [0.29, 0.717) is 0 Å². The molecule has 2 nitrogen and oxygen atoms in total. The summed E-state index contributed by atoms with van der Waals surface area (Å²) in [4.78, 5) is 6.36. The second-order valence-corrected chi connectivity index (χ2v) is 8.06. The molecule has 1 aromatic rings. The normalized spacial score (nSPS) is 22.3. The van der Waals surface area contributed by atoms with Gasteiger partial charge in [0.2, 0.25) is 0 Å². The molecule has 0 N–H and O–H groups in total. The molecule has 21 heavy (non-hydrogen) atoms. The van der Waals surface area contributed by atoms with Crippen LogP contribution in [0.4, 0.5) is 0 Å². The summed E-state index contributed by atoms with van der Waals surface area (Å²) in [6, 6.07) is 0. The lowest BCUT2D eigenvalue weighted by molar-refractivity contribution is -0.301. The van der Waals surface area contributed by atoms with Crippen LogP contribution < -0.4 is 0 Å². The first-order chi connectivity index (χ1) is 9.40. The first-order valence-corrected chi connectivity index (χ1v) is 7.98. The van der Waals surface area contributed by atoms with Crippen molar-refractivity contribution < 1.29 is 4.84 Å². The van der Waals surface area contributed by atoms with E-state index in [9.17, 15) is 0 Å². The predicted molar refractivity (Wildman–Crippen MR) is 89.5 cm³/mol. The first-order valence-electron chi connectivity index (χ1n) is 7.98. The Labute approximate surface area is 130 Å². The van der Waals surface area contributed by atoms with Crippen LogP contribution >= 0.6 is 0 Å². The van der Waals surface area contributed by atoms with Gasteiger partial charge in [0.15, 0.2) is 0 Å². The van der Waals surface area contributed by atoms with Gasteiger partial charge in [-0.2, -0.15) is 5.06 Å². The van der Waals surface area contributed by atoms with E-state index >= 15 is 0 Å². The summed E-state index contributed by atoms with van der Waals surface area (Å²) in [5.41, 5.74) is 8.31. The number of rotatable bonds is 0. The average Bonchev–Trinajstić information content (AvgIpc) is 2.34. The van der Waals surface area contributed by atoms with Crippen LogP contribution in [0.15, 0.2) is 0 Å². The van der Waals surface area contributed by atoms with E-state index in [1.165, 1.54) is 33.4 Å². The molecule has 1 unspecified atom stereocenters. The Morgan fingerprint density at radius 1 is 0.905 bits per heavy atom. The molecule has 1 atom stereocenters. The summed E-state index contributed by atoms with van der Waals surface area (Å²) >= 11 is 0. The fourth-order valence-electron chi connectivity index (χ4n) is 4.08. The maximum Gasteiger partial charge on any atom is 0.102 e. The molecule has 0 saturated heterocycles. The third kappa shape index (κ3) is 2.33. The molecule has 0 amide bonds. The van der Waals surface area contributed by atoms with Crippen LogP contribution in [-0.4, -0.2) is 10.6 Å². The summed E-state index contributed by atoms with van der Waals surface area (Å²) in [7, 11) is 0. The number of hydroxylamine groups is 2. The van der Waals surface area contributed by atoms with Crippen molar-refractivity contribution in [3.63, 3.8) is 0 Å². The number of benzene rings is 1. The SMILES string of the molecule is Cc1c(C)c(C)c2c(c1C)C(C)ON(C(C)(C)C)C2(C)C. The molecule has 0 bridgehead atoms. The van der Waals surface area contributed by atoms with E-state index in [0.717, 1.165) is 0 Å². The number of fused-ring (bicyclic) bond motifs is 1. The quantitative estimate of drug-likeness (QED) is 0.645. The molecule has 1 heterocycles. The summed E-state index contributed by atoms with van der Waals surface area (Å²) in [6.45, 7) is 22.4. The molecule has 1 aromatic carbocycles. The highest BCUT2D eigenvalue weighted by molar-refractivity contribution is 5.54. The van der Waals surface area contributed by atoms with Crippen molar-refractivity contribution in [1.29, 1.82) is 0 Å². The molecular formula is C19H31NO. The van der Waals surface area contributed by atoms with Crippen LogP contribution in [0.1, 0.15) is 81.0 Å². The topological polar surface area (TPSA) is 12.5 Å². The minimum Gasteiger partial charge on any atom is -0.290 e. The minimum atomic E-state index is -0.132. The monoisotopic (exact) mass is 289 g/mol. The van der Waals surface area contributed by atoms with E-state index in [4.69, 9.17) is 4.84 Å². The zero-order valence-corrected chi connectivity index (χ0v) is 15.4. The van der Waals surface area contributed by atoms with Crippen molar-refractivity contribution in [2.45, 2.75) is 86.4 Å². The van der Waals surface area contributed by atoms with Gasteiger partial charge in [-0.25, -0.2) is 0 Å². The lowest BCUT2D eigenvalue weighted by atomic mass is 9.76. The highest BCUT2D eigenvalue weighted by atomic mass is 16.7. The van der Waals surface area contributed by atoms with E-state index in [1.54, 1.807) is 0 Å². The molecule has 0 aliphatic carbocycles. The Kier molecular flexibility index (Phi) is 3.79. The Balaban J connectivity index is 2.82. The number of hydrogen-bond donors (Lipinski definition) is 0. The van der Waals surface area contributed by atoms with Crippen molar-refractivity contribution >= 4 is 0 Å². The van der Waals surface area contributed by atoms with Gasteiger partial charge in [0.25, 0.3) is 0 Å². The molecule has 0 spiro atoms. The molecule has 0 aromatic heterocycles. The lowest BCUT2D eigenvalue weighted by Crippen LogP contribution is -2.55. The second-order valence-electron chi connectivity index (χ2n) is 8.06. The van der Waals surface area contributed by atoms with Crippen LogP contribution in [0.25, 0.3) is 0 Å². The largest absolute Gasteiger partial charge is 0.290 e. The first kappa shape index (κ1) is 16.5. The van der Waals surface area contributed by atoms with Crippen molar-refractivity contribution in [1.82, 2.24) is 5.06 Å². The van der Waals surface area contributed by atoms with Crippen molar-refractivity contribution in [2.24, 2.45) is 0 Å². The highest BCUT2D eigenvalue weighted by Gasteiger charge is 2.45. The van der Waals surface area contributed by atoms with Gasteiger partial charge in [0, 0.05) is 5.54 Å². The van der Waals surface area contributed by atoms with Crippen molar-refractivity contribution in [2.75, 3.05) is 0 Å². The van der Waals surface area contributed by atoms with Crippen molar-refractivity contribution in [3.8, 4) is 0 Å². The molecular weight excluding hydrogens is 258 g/mol. The smallest absolute Gasteiger partial charge is 0.102 e. The lowest BCUT2D eigenvalue weighted by Gasteiger charge is -2.52. The summed E-state index contributed by atoms with van der Waals surface area (Å²) < 4.78 is 0. The maximum atomic E-state index is 6.36. The number of nitrogens with zero attached hydrogens (tertiary/aromatic N) is 1. The number of hydrogen-bond acceptors (Lipinski definition) is 2. The van der Waals surface area contributed by atoms with Crippen LogP contribution in [-0.2, 0) is 10.4 Å². The van der Waals surface area contributed by atoms with E-state index in [2.05, 4.69) is 74.3 Å². The maximum absolute atomic E-state index is 6.36. The molecule has 2 rings (SSSR count). The fourth-order valence-corrected chi connectivity index (χ4v) is 4.08. The van der Waals surface area contributed by atoms with Gasteiger partial charge in [-0.1, -0.05) is 0 Å². The fraction of sp³-hybridized carbons (Fsp3) is 0.684. The Morgan fingerprint density at radius 2 is 1.38 bits per heavy atom. The highest BCUT2D eigenvalue weighted by Crippen LogP contribution is 2.48. The standard InChI is InChI=1S/C19H31NO/c1-11-12(2)14(4)17-16(13(11)3)15(5)21-20(18(6,7)8)19(17,9)10/h15H,1-10H3. The van der Waals surface area contributed by atoms with Crippen LogP contribution in [0.3, 0.4) is 0 Å². The third-order valence-electron chi connectivity index (χ3n) is 5.13. The van der Waals surface area contributed by atoms with Gasteiger partial charge in [-0.3, -0.25) is 4.84 Å². The second kappa shape index (κ2) is 4.82. The zero-order chi connectivity index (χ0) is 16.3. The Bertz CT molecular complexity index is 578. The van der Waals surface area contributed by atoms with Gasteiger partial charge in [-0.15, -0.1) is 0 Å². The van der Waals surface area contributed by atoms with Gasteiger partial charge < -0.3 is 0 Å². The van der Waals surface area contributed by atoms with E-state index < -0.39 is 0 Å². The minimum absolute atomic E-state index is 0.0331. The molecule has 0 saturated carbocycles. The Morgan fingerprint density at radius 3 is 1.86 bits per heavy atom. The van der Waals surface area contributed by atoms with Crippen LogP contribution in [0.5, 0.6) is 0 Å². The van der Waals surface area contributed by atoms with Gasteiger partial charge >= 0.3 is 0 Å². The molecule has 0 fully saturated rings. The molecule has 1 aliphatic rings. The van der Waals surface area contributed by atoms with Gasteiger partial charge in [0.05, 0.1) is 5.54 Å². The molecule has 118 valence electrons. The molecule has 0 radical (unpaired) electrons. The third-order valence-corrected chi connectivity index (χ3v) is 5.13. The van der Waals surface area contributed by atoms with E-state index in [-0.39, 0.29) is 17.2 Å². The van der Waals surface area contributed by atoms with Crippen LogP contribution in [0, 0.1) is 27.7 Å². The molecule has 1 aliphatic heterocycles. The summed E-state index contributed by atoms with van der Waals surface area (Å²) in [5, 5.41) is 2.19. The molecule has 2 heteroatoms. The summed E-state index contributed by atoms with van der Waals surface area (Å²) in [5.74, 6) is 0. The van der Waals surface area contributed by atoms with Crippen LogP contribution in [0.2, 0.25) is 0 Å². The van der Waals surface area contributed by atoms with Crippen molar-refractivity contribution in [3.05, 3.63) is 33.4 Å². The average molecular weight is 289 g/mol. The zero-order valence-electron chi connectivity index (χ0n) is 15.4. The van der Waals surface area contributed by atoms with E-state index in [1.807, 2.05) is 0 Å². The van der Waals surface area contributed by atoms with Gasteiger partial charge in [-0.05, 0) is 103 Å². The van der Waals surface area contributed by atoms with Gasteiger partial charge in [0.1, 0.15) is 6.10 Å².